The molecule has 2 aliphatic rings. The van der Waals surface area contributed by atoms with Crippen molar-refractivity contribution in [2.24, 2.45) is 5.10 Å². The van der Waals surface area contributed by atoms with Crippen molar-refractivity contribution in [2.75, 3.05) is 74.4 Å². The third kappa shape index (κ3) is 5.58. The number of nitrogens with one attached hydrogen (secondary N) is 1. The summed E-state index contributed by atoms with van der Waals surface area (Å²) >= 11 is 0. The van der Waals surface area contributed by atoms with E-state index >= 15 is 0 Å². The third-order valence-corrected chi connectivity index (χ3v) is 5.17. The van der Waals surface area contributed by atoms with Crippen molar-refractivity contribution in [2.45, 2.75) is 6.92 Å². The Bertz CT molecular complexity index is 1000. The van der Waals surface area contributed by atoms with Gasteiger partial charge in [0.05, 0.1) is 50.2 Å². The molecule has 0 unspecified atom stereocenters. The molecule has 1 aromatic carbocycles. The maximum atomic E-state index is 11.2. The molecule has 1 aromatic heterocycles. The van der Waals surface area contributed by atoms with E-state index in [2.05, 4.69) is 25.5 Å². The molecule has 2 N–H and O–H groups in total. The number of aromatic nitrogens is 3. The zero-order valence-corrected chi connectivity index (χ0v) is 18.7. The van der Waals surface area contributed by atoms with Crippen molar-refractivity contribution in [3.63, 3.8) is 0 Å². The first-order chi connectivity index (χ1) is 16.5. The van der Waals surface area contributed by atoms with Gasteiger partial charge in [-0.15, -0.1) is 0 Å². The molecule has 14 heteroatoms. The molecule has 14 nitrogen and oxygen atoms in total. The van der Waals surface area contributed by atoms with Gasteiger partial charge in [0.2, 0.25) is 17.8 Å². The van der Waals surface area contributed by atoms with E-state index in [-0.39, 0.29) is 35.3 Å². The van der Waals surface area contributed by atoms with Gasteiger partial charge >= 0.3 is 0 Å². The molecule has 2 aromatic rings. The Labute approximate surface area is 195 Å². The monoisotopic (exact) mass is 474 g/mol. The largest absolute Gasteiger partial charge is 0.504 e. The summed E-state index contributed by atoms with van der Waals surface area (Å²) in [6, 6.07) is 2.37. The van der Waals surface area contributed by atoms with Crippen LogP contribution in [0.3, 0.4) is 0 Å². The SMILES string of the molecule is CCOc1cc([N+](=O)[O-])cc(C=NNc2nc(N3CCOCC3)nc(N3CCOCC3)n2)c1O. The van der Waals surface area contributed by atoms with Gasteiger partial charge < -0.3 is 29.1 Å². The molecule has 34 heavy (non-hydrogen) atoms. The Morgan fingerprint density at radius 2 is 1.71 bits per heavy atom. The van der Waals surface area contributed by atoms with E-state index in [0.29, 0.717) is 64.5 Å². The number of anilines is 3. The van der Waals surface area contributed by atoms with E-state index < -0.39 is 4.92 Å². The molecule has 0 radical (unpaired) electrons. The van der Waals surface area contributed by atoms with Gasteiger partial charge in [-0.25, -0.2) is 5.43 Å². The number of nitro benzene ring substituents is 1. The zero-order valence-electron chi connectivity index (χ0n) is 18.7. The quantitative estimate of drug-likeness (QED) is 0.318. The molecule has 0 saturated carbocycles. The first-order valence-electron chi connectivity index (χ1n) is 10.9. The van der Waals surface area contributed by atoms with Gasteiger partial charge in [0.25, 0.3) is 5.69 Å². The summed E-state index contributed by atoms with van der Waals surface area (Å²) in [6.45, 7) is 6.86. The summed E-state index contributed by atoms with van der Waals surface area (Å²) in [5, 5.41) is 25.7. The standard InChI is InChI=1S/C20H26N8O6/c1-2-34-16-12-15(28(30)31)11-14(17(16)29)13-21-25-18-22-19(26-3-7-32-8-4-26)24-20(23-18)27-5-9-33-10-6-27/h11-13,29H,2-10H2,1H3,(H,22,23,24,25). The number of nitrogens with zero attached hydrogens (tertiary/aromatic N) is 7. The second-order valence-electron chi connectivity index (χ2n) is 7.40. The topological polar surface area (TPSA) is 161 Å². The number of non-ortho nitro benzene ring substituents is 1. The lowest BCUT2D eigenvalue weighted by molar-refractivity contribution is -0.385. The van der Waals surface area contributed by atoms with Crippen LogP contribution in [0.2, 0.25) is 0 Å². The maximum absolute atomic E-state index is 11.2. The molecular weight excluding hydrogens is 448 g/mol. The number of phenolic OH excluding ortho intramolecular Hbond substituents is 1. The second-order valence-corrected chi connectivity index (χ2v) is 7.40. The summed E-state index contributed by atoms with van der Waals surface area (Å²) in [5.74, 6) is 0.937. The number of hydrogen-bond donors (Lipinski definition) is 2. The van der Waals surface area contributed by atoms with Gasteiger partial charge in [-0.3, -0.25) is 10.1 Å². The summed E-state index contributed by atoms with van der Waals surface area (Å²) in [6.07, 6.45) is 1.25. The van der Waals surface area contributed by atoms with Crippen LogP contribution in [-0.4, -0.2) is 90.4 Å². The van der Waals surface area contributed by atoms with Crippen LogP contribution in [0.4, 0.5) is 23.5 Å². The Morgan fingerprint density at radius 1 is 1.12 bits per heavy atom. The number of hydrogen-bond acceptors (Lipinski definition) is 13. The van der Waals surface area contributed by atoms with E-state index in [0.717, 1.165) is 0 Å². The van der Waals surface area contributed by atoms with Crippen LogP contribution < -0.4 is 20.0 Å². The van der Waals surface area contributed by atoms with Crippen LogP contribution in [0.5, 0.6) is 11.5 Å². The van der Waals surface area contributed by atoms with Gasteiger partial charge in [0.15, 0.2) is 11.5 Å². The number of hydrazone groups is 1. The van der Waals surface area contributed by atoms with E-state index in [9.17, 15) is 15.2 Å². The van der Waals surface area contributed by atoms with Gasteiger partial charge in [-0.2, -0.15) is 20.1 Å². The normalized spacial score (nSPS) is 16.6. The molecular formula is C20H26N8O6. The Balaban J connectivity index is 1.59. The fraction of sp³-hybridized carbons (Fsp3) is 0.500. The highest BCUT2D eigenvalue weighted by Crippen LogP contribution is 2.34. The molecule has 2 saturated heterocycles. The summed E-state index contributed by atoms with van der Waals surface area (Å²) in [7, 11) is 0. The smallest absolute Gasteiger partial charge is 0.274 e. The highest BCUT2D eigenvalue weighted by atomic mass is 16.6. The van der Waals surface area contributed by atoms with Crippen LogP contribution in [0.15, 0.2) is 17.2 Å². The van der Waals surface area contributed by atoms with Crippen molar-refractivity contribution in [1.29, 1.82) is 0 Å². The molecule has 0 atom stereocenters. The number of aromatic hydroxyl groups is 1. The van der Waals surface area contributed by atoms with Crippen LogP contribution in [0, 0.1) is 10.1 Å². The molecule has 2 aliphatic heterocycles. The van der Waals surface area contributed by atoms with Crippen LogP contribution >= 0.6 is 0 Å². The highest BCUT2D eigenvalue weighted by molar-refractivity contribution is 5.86. The van der Waals surface area contributed by atoms with E-state index in [1.54, 1.807) is 6.92 Å². The van der Waals surface area contributed by atoms with E-state index in [1.807, 2.05) is 9.80 Å². The maximum Gasteiger partial charge on any atom is 0.274 e. The van der Waals surface area contributed by atoms with Crippen LogP contribution in [0.25, 0.3) is 0 Å². The van der Waals surface area contributed by atoms with Crippen molar-refractivity contribution >= 4 is 29.7 Å². The van der Waals surface area contributed by atoms with Gasteiger partial charge in [-0.1, -0.05) is 0 Å². The highest BCUT2D eigenvalue weighted by Gasteiger charge is 2.21. The Kier molecular flexibility index (Phi) is 7.49. The molecule has 0 spiro atoms. The fourth-order valence-electron chi connectivity index (χ4n) is 3.46. The molecule has 0 bridgehead atoms. The number of benzene rings is 1. The minimum absolute atomic E-state index is 0.00233. The minimum Gasteiger partial charge on any atom is -0.504 e. The number of morpholine rings is 2. The first kappa shape index (κ1) is 23.4. The number of rotatable bonds is 8. The predicted octanol–water partition coefficient (Wildman–Crippen LogP) is 1.00. The summed E-state index contributed by atoms with van der Waals surface area (Å²) in [5.41, 5.74) is 2.63. The minimum atomic E-state index is -0.568. The van der Waals surface area contributed by atoms with Crippen molar-refractivity contribution in [3.8, 4) is 11.5 Å². The molecule has 182 valence electrons. The van der Waals surface area contributed by atoms with Gasteiger partial charge in [-0.05, 0) is 6.92 Å². The molecule has 2 fully saturated rings. The van der Waals surface area contributed by atoms with Crippen molar-refractivity contribution in [3.05, 3.63) is 27.8 Å². The number of nitro groups is 1. The van der Waals surface area contributed by atoms with Crippen molar-refractivity contribution < 1.29 is 24.2 Å². The summed E-state index contributed by atoms with van der Waals surface area (Å²) in [4.78, 5) is 28.2. The lowest BCUT2D eigenvalue weighted by atomic mass is 10.1. The second kappa shape index (κ2) is 10.9. The fourth-order valence-corrected chi connectivity index (χ4v) is 3.46. The number of phenols is 1. The first-order valence-corrected chi connectivity index (χ1v) is 10.9. The Morgan fingerprint density at radius 3 is 2.24 bits per heavy atom. The molecule has 0 aliphatic carbocycles. The van der Waals surface area contributed by atoms with Crippen molar-refractivity contribution in [1.82, 2.24) is 15.0 Å². The summed E-state index contributed by atoms with van der Waals surface area (Å²) < 4.78 is 16.1. The average molecular weight is 474 g/mol. The van der Waals surface area contributed by atoms with Crippen LogP contribution in [-0.2, 0) is 9.47 Å². The van der Waals surface area contributed by atoms with E-state index in [4.69, 9.17) is 14.2 Å². The lowest BCUT2D eigenvalue weighted by Gasteiger charge is -2.30. The van der Waals surface area contributed by atoms with Gasteiger partial charge in [0, 0.05) is 37.8 Å². The van der Waals surface area contributed by atoms with E-state index in [1.165, 1.54) is 18.3 Å². The average Bonchev–Trinajstić information content (AvgIpc) is 2.87. The predicted molar refractivity (Wildman–Crippen MR) is 123 cm³/mol. The lowest BCUT2D eigenvalue weighted by Crippen LogP contribution is -2.40. The molecule has 0 amide bonds. The molecule has 4 rings (SSSR count). The third-order valence-electron chi connectivity index (χ3n) is 5.17. The van der Waals surface area contributed by atoms with Crippen LogP contribution in [0.1, 0.15) is 12.5 Å². The zero-order chi connectivity index (χ0) is 23.9. The van der Waals surface area contributed by atoms with Gasteiger partial charge in [0.1, 0.15) is 0 Å². The Hall–Kier alpha value is -3.78. The number of ether oxygens (including phenoxy) is 3. The molecule has 3 heterocycles.